The Morgan fingerprint density at radius 3 is 2.40 bits per heavy atom. The second kappa shape index (κ2) is 13.4. The van der Waals surface area contributed by atoms with Gasteiger partial charge in [0.15, 0.2) is 0 Å². The molecule has 42 heavy (non-hydrogen) atoms. The van der Waals surface area contributed by atoms with E-state index in [4.69, 9.17) is 4.74 Å². The van der Waals surface area contributed by atoms with Crippen molar-refractivity contribution in [1.29, 1.82) is 0 Å². The minimum atomic E-state index is -5.35. The van der Waals surface area contributed by atoms with Crippen LogP contribution in [0.4, 0.5) is 32.0 Å². The zero-order chi connectivity index (χ0) is 30.5. The van der Waals surface area contributed by atoms with Gasteiger partial charge in [-0.1, -0.05) is 30.3 Å². The number of carboxylic acids is 1. The van der Waals surface area contributed by atoms with Crippen molar-refractivity contribution in [3.05, 3.63) is 59.2 Å². The fourth-order valence-corrected chi connectivity index (χ4v) is 6.26. The smallest absolute Gasteiger partial charge is 0.418 e. The molecule has 4 rings (SSSR count). The third kappa shape index (κ3) is 8.21. The molecule has 1 amide bonds. The predicted octanol–water partition coefficient (Wildman–Crippen LogP) is 7.05. The summed E-state index contributed by atoms with van der Waals surface area (Å²) < 4.78 is 90.3. The lowest BCUT2D eigenvalue weighted by atomic mass is 9.81. The molecule has 0 spiro atoms. The van der Waals surface area contributed by atoms with Crippen LogP contribution in [-0.2, 0) is 26.7 Å². The molecule has 228 valence electrons. The van der Waals surface area contributed by atoms with Crippen molar-refractivity contribution in [2.45, 2.75) is 47.8 Å². The molecule has 1 saturated carbocycles. The number of rotatable bonds is 8. The Labute approximate surface area is 243 Å². The Morgan fingerprint density at radius 1 is 1.02 bits per heavy atom. The number of nitrogens with zero attached hydrogens (tertiary/aromatic N) is 1. The number of nitrogens with one attached hydrogen (secondary N) is 1. The Balaban J connectivity index is 1.58. The standard InChI is InChI=1S/C29H30F6N2O4S/c30-28(31,32)25-19(8-10-24(38)37-11-13-41-14-12-37)7-9-23(26(25)29(33,34)35)42-22-6-2-5-21(16-22)36-17-18-3-1-4-20(15-18)27(39)40/h2,5-10,16,18,20,36H,1,3-4,11-15,17H2,(H,39,40)/t18-,20+/m1/s1. The largest absolute Gasteiger partial charge is 0.481 e. The van der Waals surface area contributed by atoms with Crippen molar-refractivity contribution in [3.8, 4) is 0 Å². The Bertz CT molecular complexity index is 1310. The highest BCUT2D eigenvalue weighted by molar-refractivity contribution is 7.99. The molecule has 6 nitrogen and oxygen atoms in total. The SMILES string of the molecule is O=C(O)[C@H]1CCC[C@@H](CNc2cccc(Sc3ccc(C=CC(=O)N4CCOCC4)c(C(F)(F)F)c3C(F)(F)F)c2)C1. The van der Waals surface area contributed by atoms with E-state index >= 15 is 0 Å². The van der Waals surface area contributed by atoms with Crippen LogP contribution in [0.1, 0.15) is 42.4 Å². The zero-order valence-electron chi connectivity index (χ0n) is 22.4. The van der Waals surface area contributed by atoms with Crippen LogP contribution in [0, 0.1) is 11.8 Å². The van der Waals surface area contributed by atoms with Crippen LogP contribution in [0.5, 0.6) is 0 Å². The molecule has 2 N–H and O–H groups in total. The first-order valence-electron chi connectivity index (χ1n) is 13.4. The Hall–Kier alpha value is -3.19. The van der Waals surface area contributed by atoms with E-state index < -0.39 is 51.7 Å². The Kier molecular flexibility index (Phi) is 10.1. The number of alkyl halides is 6. The van der Waals surface area contributed by atoms with Gasteiger partial charge in [-0.05, 0) is 61.1 Å². The minimum Gasteiger partial charge on any atom is -0.481 e. The lowest BCUT2D eigenvalue weighted by Crippen LogP contribution is -2.39. The number of carbonyl (C=O) groups is 2. The molecule has 0 unspecified atom stereocenters. The molecule has 0 radical (unpaired) electrons. The van der Waals surface area contributed by atoms with Crippen LogP contribution in [0.25, 0.3) is 6.08 Å². The number of amides is 1. The van der Waals surface area contributed by atoms with E-state index in [2.05, 4.69) is 5.32 Å². The highest BCUT2D eigenvalue weighted by atomic mass is 32.2. The molecule has 1 aliphatic heterocycles. The quantitative estimate of drug-likeness (QED) is 0.245. The van der Waals surface area contributed by atoms with Crippen LogP contribution in [0.15, 0.2) is 52.3 Å². The molecule has 13 heteroatoms. The Morgan fingerprint density at radius 2 is 1.74 bits per heavy atom. The first-order valence-corrected chi connectivity index (χ1v) is 14.3. The number of halogens is 6. The van der Waals surface area contributed by atoms with Crippen molar-refractivity contribution < 1.29 is 45.8 Å². The predicted molar refractivity (Wildman–Crippen MR) is 145 cm³/mol. The summed E-state index contributed by atoms with van der Waals surface area (Å²) in [6.45, 7) is 1.46. The van der Waals surface area contributed by atoms with E-state index in [9.17, 15) is 41.0 Å². The molecular formula is C29H30F6N2O4S. The fourth-order valence-electron chi connectivity index (χ4n) is 5.22. The summed E-state index contributed by atoms with van der Waals surface area (Å²) in [7, 11) is 0. The topological polar surface area (TPSA) is 78.9 Å². The maximum absolute atomic E-state index is 14.2. The van der Waals surface area contributed by atoms with Gasteiger partial charge in [0.2, 0.25) is 5.91 Å². The molecule has 1 aliphatic carbocycles. The summed E-state index contributed by atoms with van der Waals surface area (Å²) in [4.78, 5) is 24.7. The van der Waals surface area contributed by atoms with E-state index in [0.717, 1.165) is 37.1 Å². The number of benzene rings is 2. The van der Waals surface area contributed by atoms with Crippen LogP contribution in [0.3, 0.4) is 0 Å². The van der Waals surface area contributed by atoms with Crippen LogP contribution < -0.4 is 5.32 Å². The van der Waals surface area contributed by atoms with Gasteiger partial charge in [-0.15, -0.1) is 0 Å². The van der Waals surface area contributed by atoms with Crippen LogP contribution >= 0.6 is 11.8 Å². The summed E-state index contributed by atoms with van der Waals surface area (Å²) in [5.41, 5.74) is -3.88. The maximum atomic E-state index is 14.2. The number of carboxylic acid groups (broad SMARTS) is 1. The van der Waals surface area contributed by atoms with Gasteiger partial charge in [0, 0.05) is 41.2 Å². The number of anilines is 1. The van der Waals surface area contributed by atoms with Gasteiger partial charge >= 0.3 is 18.3 Å². The minimum absolute atomic E-state index is 0.109. The average Bonchev–Trinajstić information content (AvgIpc) is 2.94. The lowest BCUT2D eigenvalue weighted by Gasteiger charge is -2.27. The summed E-state index contributed by atoms with van der Waals surface area (Å²) in [6, 6.07) is 8.23. The molecule has 2 aliphatic rings. The van der Waals surface area contributed by atoms with E-state index in [-0.39, 0.29) is 37.1 Å². The van der Waals surface area contributed by atoms with E-state index in [0.29, 0.717) is 36.8 Å². The van der Waals surface area contributed by atoms with Gasteiger partial charge in [-0.2, -0.15) is 26.3 Å². The summed E-state index contributed by atoms with van der Waals surface area (Å²) in [5, 5.41) is 12.5. The van der Waals surface area contributed by atoms with E-state index in [1.165, 1.54) is 11.0 Å². The fraction of sp³-hybridized carbons (Fsp3) is 0.448. The summed E-state index contributed by atoms with van der Waals surface area (Å²) in [6.07, 6.45) is -6.28. The number of morpholine rings is 1. The highest BCUT2D eigenvalue weighted by Gasteiger charge is 2.46. The second-order valence-corrected chi connectivity index (χ2v) is 11.4. The third-order valence-electron chi connectivity index (χ3n) is 7.28. The van der Waals surface area contributed by atoms with Crippen molar-refractivity contribution in [1.82, 2.24) is 4.90 Å². The molecule has 2 atom stereocenters. The molecular weight excluding hydrogens is 586 g/mol. The normalized spacial score (nSPS) is 20.1. The number of hydrogen-bond acceptors (Lipinski definition) is 5. The monoisotopic (exact) mass is 616 g/mol. The van der Waals surface area contributed by atoms with Crippen molar-refractivity contribution in [3.63, 3.8) is 0 Å². The number of carbonyl (C=O) groups excluding carboxylic acids is 1. The number of aliphatic carboxylic acids is 1. The van der Waals surface area contributed by atoms with Crippen molar-refractivity contribution in [2.75, 3.05) is 38.2 Å². The molecule has 1 heterocycles. The second-order valence-electron chi connectivity index (χ2n) is 10.2. The van der Waals surface area contributed by atoms with Crippen LogP contribution in [-0.4, -0.2) is 54.7 Å². The van der Waals surface area contributed by atoms with Gasteiger partial charge in [-0.25, -0.2) is 0 Å². The highest BCUT2D eigenvalue weighted by Crippen LogP contribution is 2.48. The van der Waals surface area contributed by atoms with Crippen molar-refractivity contribution in [2.24, 2.45) is 11.8 Å². The lowest BCUT2D eigenvalue weighted by molar-refractivity contribution is -0.163. The van der Waals surface area contributed by atoms with Crippen LogP contribution in [0.2, 0.25) is 0 Å². The molecule has 0 bridgehead atoms. The number of hydrogen-bond donors (Lipinski definition) is 2. The third-order valence-corrected chi connectivity index (χ3v) is 8.33. The molecule has 0 aromatic heterocycles. The van der Waals surface area contributed by atoms with Gasteiger partial charge in [0.25, 0.3) is 0 Å². The first kappa shape index (κ1) is 31.7. The van der Waals surface area contributed by atoms with Gasteiger partial charge in [0.1, 0.15) is 0 Å². The molecule has 2 aromatic carbocycles. The van der Waals surface area contributed by atoms with E-state index in [1.54, 1.807) is 18.2 Å². The van der Waals surface area contributed by atoms with Gasteiger partial charge in [-0.3, -0.25) is 9.59 Å². The zero-order valence-corrected chi connectivity index (χ0v) is 23.2. The average molecular weight is 617 g/mol. The maximum Gasteiger partial charge on any atom is 0.418 e. The number of ether oxygens (including phenoxy) is 1. The van der Waals surface area contributed by atoms with Gasteiger partial charge in [0.05, 0.1) is 30.3 Å². The summed E-state index contributed by atoms with van der Waals surface area (Å²) >= 11 is 0.556. The van der Waals surface area contributed by atoms with E-state index in [1.807, 2.05) is 0 Å². The van der Waals surface area contributed by atoms with Crippen molar-refractivity contribution >= 4 is 35.4 Å². The summed E-state index contributed by atoms with van der Waals surface area (Å²) in [5.74, 6) is -1.75. The molecule has 2 fully saturated rings. The molecule has 2 aromatic rings. The first-order chi connectivity index (χ1) is 19.8. The van der Waals surface area contributed by atoms with Gasteiger partial charge < -0.3 is 20.1 Å². The molecule has 1 saturated heterocycles.